The molecule has 7 nitrogen and oxygen atoms in total. The molecule has 1 aromatic rings. The Morgan fingerprint density at radius 2 is 1.81 bits per heavy atom. The molecule has 1 atom stereocenters. The van der Waals surface area contributed by atoms with E-state index in [4.69, 9.17) is 9.47 Å². The van der Waals surface area contributed by atoms with Gasteiger partial charge in [0.05, 0.1) is 6.54 Å². The fourth-order valence-corrected chi connectivity index (χ4v) is 3.44. The number of hydrogen-bond donors (Lipinski definition) is 2. The van der Waals surface area contributed by atoms with Crippen molar-refractivity contribution in [2.45, 2.75) is 37.8 Å². The van der Waals surface area contributed by atoms with Crippen LogP contribution >= 0.6 is 0 Å². The van der Waals surface area contributed by atoms with Crippen molar-refractivity contribution in [1.82, 2.24) is 15.5 Å². The second kappa shape index (κ2) is 7.43. The lowest BCUT2D eigenvalue weighted by Crippen LogP contribution is -2.51. The molecule has 0 spiro atoms. The Hall–Kier alpha value is -2.44. The molecular weight excluding hydrogens is 334 g/mol. The molecule has 2 N–H and O–H groups in total. The van der Waals surface area contributed by atoms with Crippen molar-refractivity contribution in [2.75, 3.05) is 26.2 Å². The average molecular weight is 359 g/mol. The lowest BCUT2D eigenvalue weighted by molar-refractivity contribution is -0.133. The summed E-state index contributed by atoms with van der Waals surface area (Å²) in [5.74, 6) is 2.01. The number of urea groups is 1. The Morgan fingerprint density at radius 1 is 1.08 bits per heavy atom. The number of likely N-dealkylation sites (tertiary alicyclic amines) is 1. The normalized spacial score (nSPS) is 22.6. The molecular formula is C19H25N3O4. The smallest absolute Gasteiger partial charge is 0.315 e. The fourth-order valence-electron chi connectivity index (χ4n) is 3.44. The summed E-state index contributed by atoms with van der Waals surface area (Å²) >= 11 is 0. The number of piperidine rings is 1. The number of carbonyl (C=O) groups excluding carboxylic acids is 2. The topological polar surface area (TPSA) is 79.9 Å². The van der Waals surface area contributed by atoms with E-state index in [2.05, 4.69) is 10.6 Å². The summed E-state index contributed by atoms with van der Waals surface area (Å²) in [6, 6.07) is 7.44. The summed E-state index contributed by atoms with van der Waals surface area (Å²) in [6.07, 6.45) is 3.49. The Labute approximate surface area is 153 Å². The molecule has 1 aromatic carbocycles. The minimum Gasteiger partial charge on any atom is -0.486 e. The van der Waals surface area contributed by atoms with Crippen molar-refractivity contribution in [3.63, 3.8) is 0 Å². The number of carbonyl (C=O) groups is 2. The molecule has 3 amide bonds. The molecule has 26 heavy (non-hydrogen) atoms. The monoisotopic (exact) mass is 359 g/mol. The van der Waals surface area contributed by atoms with Crippen molar-refractivity contribution >= 4 is 11.9 Å². The molecule has 1 saturated heterocycles. The number of benzene rings is 1. The largest absolute Gasteiger partial charge is 0.486 e. The van der Waals surface area contributed by atoms with Crippen LogP contribution in [0.25, 0.3) is 0 Å². The molecule has 2 fully saturated rings. The second-order valence-electron chi connectivity index (χ2n) is 7.23. The molecule has 7 heteroatoms. The van der Waals surface area contributed by atoms with E-state index in [-0.39, 0.29) is 24.1 Å². The zero-order valence-corrected chi connectivity index (χ0v) is 14.8. The van der Waals surface area contributed by atoms with Gasteiger partial charge in [-0.15, -0.1) is 0 Å². The first-order valence-electron chi connectivity index (χ1n) is 9.40. The van der Waals surface area contributed by atoms with Crippen LogP contribution in [0.4, 0.5) is 4.79 Å². The van der Waals surface area contributed by atoms with Crippen molar-refractivity contribution in [3.05, 3.63) is 24.3 Å². The van der Waals surface area contributed by atoms with Crippen molar-refractivity contribution < 1.29 is 19.1 Å². The average Bonchev–Trinajstić information content (AvgIpc) is 3.51. The maximum absolute atomic E-state index is 12.1. The van der Waals surface area contributed by atoms with E-state index in [1.807, 2.05) is 29.2 Å². The summed E-state index contributed by atoms with van der Waals surface area (Å²) in [4.78, 5) is 26.1. The van der Waals surface area contributed by atoms with E-state index >= 15 is 0 Å². The first kappa shape index (κ1) is 17.0. The Balaban J connectivity index is 1.16. The van der Waals surface area contributed by atoms with Gasteiger partial charge < -0.3 is 25.0 Å². The van der Waals surface area contributed by atoms with E-state index in [9.17, 15) is 9.59 Å². The number of nitrogens with zero attached hydrogens (tertiary/aromatic N) is 1. The van der Waals surface area contributed by atoms with Crippen LogP contribution in [0.15, 0.2) is 24.3 Å². The van der Waals surface area contributed by atoms with Gasteiger partial charge in [0.2, 0.25) is 5.91 Å². The van der Waals surface area contributed by atoms with Gasteiger partial charge in [0.25, 0.3) is 0 Å². The third-order valence-electron chi connectivity index (χ3n) is 5.13. The zero-order valence-electron chi connectivity index (χ0n) is 14.8. The number of hydrogen-bond acceptors (Lipinski definition) is 4. The summed E-state index contributed by atoms with van der Waals surface area (Å²) < 4.78 is 11.5. The molecule has 1 saturated carbocycles. The molecule has 0 unspecified atom stereocenters. The minimum atomic E-state index is -0.200. The van der Waals surface area contributed by atoms with Gasteiger partial charge in [-0.05, 0) is 37.8 Å². The van der Waals surface area contributed by atoms with Gasteiger partial charge in [-0.1, -0.05) is 12.1 Å². The summed E-state index contributed by atoms with van der Waals surface area (Å²) in [6.45, 7) is 2.27. The summed E-state index contributed by atoms with van der Waals surface area (Å²) in [7, 11) is 0. The van der Waals surface area contributed by atoms with E-state index in [0.29, 0.717) is 24.8 Å². The molecule has 0 aromatic heterocycles. The molecule has 0 bridgehead atoms. The molecule has 4 rings (SSSR count). The number of rotatable bonds is 4. The second-order valence-corrected chi connectivity index (χ2v) is 7.23. The molecule has 2 aliphatic heterocycles. The Morgan fingerprint density at radius 3 is 2.54 bits per heavy atom. The van der Waals surface area contributed by atoms with Gasteiger partial charge in [0.1, 0.15) is 6.61 Å². The highest BCUT2D eigenvalue weighted by Crippen LogP contribution is 2.32. The number of fused-ring (bicyclic) bond motifs is 1. The SMILES string of the molecule is O=C(NC[C@@H]1COc2ccccc2O1)NC1CCN(C(=O)C2CC2)CC1. The highest BCUT2D eigenvalue weighted by molar-refractivity contribution is 5.81. The van der Waals surface area contributed by atoms with Gasteiger partial charge >= 0.3 is 6.03 Å². The van der Waals surface area contributed by atoms with Crippen LogP contribution in [0.3, 0.4) is 0 Å². The van der Waals surface area contributed by atoms with Gasteiger partial charge in [-0.2, -0.15) is 0 Å². The molecule has 2 heterocycles. The predicted octanol–water partition coefficient (Wildman–Crippen LogP) is 1.53. The maximum atomic E-state index is 12.1. The molecule has 0 radical (unpaired) electrons. The number of nitrogens with one attached hydrogen (secondary N) is 2. The van der Waals surface area contributed by atoms with Crippen LogP contribution in [0, 0.1) is 5.92 Å². The predicted molar refractivity (Wildman–Crippen MR) is 95.2 cm³/mol. The van der Waals surface area contributed by atoms with Gasteiger partial charge in [0, 0.05) is 25.0 Å². The van der Waals surface area contributed by atoms with Crippen LogP contribution in [0.2, 0.25) is 0 Å². The van der Waals surface area contributed by atoms with E-state index in [1.54, 1.807) is 0 Å². The summed E-state index contributed by atoms with van der Waals surface area (Å²) in [5.41, 5.74) is 0. The summed E-state index contributed by atoms with van der Waals surface area (Å²) in [5, 5.41) is 5.85. The third kappa shape index (κ3) is 4.03. The highest BCUT2D eigenvalue weighted by Gasteiger charge is 2.35. The zero-order chi connectivity index (χ0) is 17.9. The highest BCUT2D eigenvalue weighted by atomic mass is 16.6. The quantitative estimate of drug-likeness (QED) is 0.854. The lowest BCUT2D eigenvalue weighted by Gasteiger charge is -2.32. The Kier molecular flexibility index (Phi) is 4.86. The fraction of sp³-hybridized carbons (Fsp3) is 0.579. The molecule has 3 aliphatic rings. The first-order chi connectivity index (χ1) is 12.7. The number of ether oxygens (including phenoxy) is 2. The van der Waals surface area contributed by atoms with Crippen molar-refractivity contribution in [1.29, 1.82) is 0 Å². The van der Waals surface area contributed by atoms with Crippen LogP contribution in [-0.2, 0) is 4.79 Å². The van der Waals surface area contributed by atoms with E-state index in [0.717, 1.165) is 44.5 Å². The first-order valence-corrected chi connectivity index (χ1v) is 9.40. The van der Waals surface area contributed by atoms with E-state index < -0.39 is 0 Å². The standard InChI is InChI=1S/C19H25N3O4/c23-18(13-5-6-13)22-9-7-14(8-10-22)21-19(24)20-11-15-12-25-16-3-1-2-4-17(16)26-15/h1-4,13-15H,5-12H2,(H2,20,21,24)/t15-/m1/s1. The van der Waals surface area contributed by atoms with Crippen LogP contribution in [0.1, 0.15) is 25.7 Å². The van der Waals surface area contributed by atoms with Crippen LogP contribution in [0.5, 0.6) is 11.5 Å². The molecule has 140 valence electrons. The van der Waals surface area contributed by atoms with Gasteiger partial charge in [-0.25, -0.2) is 4.79 Å². The van der Waals surface area contributed by atoms with Gasteiger partial charge in [-0.3, -0.25) is 4.79 Å². The van der Waals surface area contributed by atoms with E-state index in [1.165, 1.54) is 0 Å². The van der Waals surface area contributed by atoms with Crippen molar-refractivity contribution in [2.24, 2.45) is 5.92 Å². The van der Waals surface area contributed by atoms with Crippen molar-refractivity contribution in [3.8, 4) is 11.5 Å². The molecule has 1 aliphatic carbocycles. The van der Waals surface area contributed by atoms with Crippen LogP contribution < -0.4 is 20.1 Å². The number of amides is 3. The van der Waals surface area contributed by atoms with Crippen LogP contribution in [-0.4, -0.2) is 55.2 Å². The Bertz CT molecular complexity index is 669. The third-order valence-corrected chi connectivity index (χ3v) is 5.13. The lowest BCUT2D eigenvalue weighted by atomic mass is 10.0. The maximum Gasteiger partial charge on any atom is 0.315 e. The minimum absolute atomic E-state index is 0.113. The number of para-hydroxylation sites is 2. The van der Waals surface area contributed by atoms with Gasteiger partial charge in [0.15, 0.2) is 17.6 Å².